The Morgan fingerprint density at radius 1 is 0.458 bits per heavy atom. The molecule has 0 aromatic heterocycles. The SMILES string of the molecule is Fc1c(F)c(F)c(C(c2ccccc2)c2ccccc2)c(F)c1F. The normalized spacial score (nSPS) is 11.1. The summed E-state index contributed by atoms with van der Waals surface area (Å²) in [5.74, 6) is -10.8. The molecule has 0 unspecified atom stereocenters. The first-order chi connectivity index (χ1) is 11.5. The number of halogens is 5. The fraction of sp³-hybridized carbons (Fsp3) is 0.0526. The van der Waals surface area contributed by atoms with E-state index in [1.165, 1.54) is 0 Å². The van der Waals surface area contributed by atoms with Gasteiger partial charge in [0, 0.05) is 11.5 Å². The fourth-order valence-electron chi connectivity index (χ4n) is 2.69. The molecule has 0 spiro atoms. The lowest BCUT2D eigenvalue weighted by molar-refractivity contribution is 0.369. The molecule has 0 atom stereocenters. The number of rotatable bonds is 3. The maximum absolute atomic E-state index is 14.3. The van der Waals surface area contributed by atoms with E-state index >= 15 is 0 Å². The van der Waals surface area contributed by atoms with E-state index in [4.69, 9.17) is 0 Å². The summed E-state index contributed by atoms with van der Waals surface area (Å²) in [5, 5.41) is 0. The van der Waals surface area contributed by atoms with Gasteiger partial charge in [0.05, 0.1) is 0 Å². The summed E-state index contributed by atoms with van der Waals surface area (Å²) in [6, 6.07) is 16.3. The van der Waals surface area contributed by atoms with Gasteiger partial charge in [-0.25, -0.2) is 22.0 Å². The lowest BCUT2D eigenvalue weighted by Gasteiger charge is -2.20. The first-order valence-corrected chi connectivity index (χ1v) is 7.13. The van der Waals surface area contributed by atoms with Gasteiger partial charge in [0.2, 0.25) is 5.82 Å². The van der Waals surface area contributed by atoms with Crippen LogP contribution in [0.5, 0.6) is 0 Å². The lowest BCUT2D eigenvalue weighted by atomic mass is 9.84. The Bertz CT molecular complexity index is 791. The molecule has 0 saturated carbocycles. The van der Waals surface area contributed by atoms with Crippen LogP contribution in [0.3, 0.4) is 0 Å². The summed E-state index contributed by atoms with van der Waals surface area (Å²) < 4.78 is 69.2. The van der Waals surface area contributed by atoms with E-state index in [0.29, 0.717) is 11.1 Å². The molecule has 0 radical (unpaired) electrons. The van der Waals surface area contributed by atoms with Crippen molar-refractivity contribution in [2.75, 3.05) is 0 Å². The van der Waals surface area contributed by atoms with Crippen LogP contribution >= 0.6 is 0 Å². The van der Waals surface area contributed by atoms with Crippen LogP contribution in [-0.4, -0.2) is 0 Å². The third-order valence-electron chi connectivity index (χ3n) is 3.80. The minimum absolute atomic E-state index is 0.423. The fourth-order valence-corrected chi connectivity index (χ4v) is 2.69. The predicted octanol–water partition coefficient (Wildman–Crippen LogP) is 5.56. The Balaban J connectivity index is 2.33. The largest absolute Gasteiger partial charge is 0.203 e. The van der Waals surface area contributed by atoms with Gasteiger partial charge in [-0.3, -0.25) is 0 Å². The van der Waals surface area contributed by atoms with Crippen molar-refractivity contribution < 1.29 is 22.0 Å². The molecule has 0 saturated heterocycles. The van der Waals surface area contributed by atoms with Crippen molar-refractivity contribution >= 4 is 0 Å². The van der Waals surface area contributed by atoms with Crippen LogP contribution in [0.1, 0.15) is 22.6 Å². The first kappa shape index (κ1) is 16.2. The molecule has 5 heteroatoms. The highest BCUT2D eigenvalue weighted by atomic mass is 19.2. The van der Waals surface area contributed by atoms with E-state index in [0.717, 1.165) is 0 Å². The molecule has 0 aliphatic heterocycles. The molecule has 0 nitrogen and oxygen atoms in total. The van der Waals surface area contributed by atoms with Gasteiger partial charge < -0.3 is 0 Å². The lowest BCUT2D eigenvalue weighted by Crippen LogP contribution is -2.13. The first-order valence-electron chi connectivity index (χ1n) is 7.13. The average molecular weight is 334 g/mol. The van der Waals surface area contributed by atoms with Crippen LogP contribution in [0.15, 0.2) is 60.7 Å². The van der Waals surface area contributed by atoms with Gasteiger partial charge in [-0.1, -0.05) is 60.7 Å². The molecule has 0 bridgehead atoms. The molecule has 0 N–H and O–H groups in total. The molecule has 3 rings (SSSR count). The quantitative estimate of drug-likeness (QED) is 0.254. The second-order valence-corrected chi connectivity index (χ2v) is 5.24. The van der Waals surface area contributed by atoms with Gasteiger partial charge in [0.25, 0.3) is 0 Å². The molecule has 24 heavy (non-hydrogen) atoms. The van der Waals surface area contributed by atoms with Crippen LogP contribution in [0.4, 0.5) is 22.0 Å². The Morgan fingerprint density at radius 2 is 0.792 bits per heavy atom. The van der Waals surface area contributed by atoms with Crippen molar-refractivity contribution in [1.82, 2.24) is 0 Å². The van der Waals surface area contributed by atoms with E-state index in [1.807, 2.05) is 0 Å². The second kappa shape index (κ2) is 6.43. The number of hydrogen-bond acceptors (Lipinski definition) is 0. The zero-order valence-corrected chi connectivity index (χ0v) is 12.2. The van der Waals surface area contributed by atoms with Crippen LogP contribution < -0.4 is 0 Å². The van der Waals surface area contributed by atoms with Crippen molar-refractivity contribution in [3.05, 3.63) is 106 Å². The topological polar surface area (TPSA) is 0 Å². The van der Waals surface area contributed by atoms with Gasteiger partial charge in [0.15, 0.2) is 23.3 Å². The standard InChI is InChI=1S/C19H11F5/c20-15-14(16(21)18(23)19(24)17(15)22)13(11-7-3-1-4-8-11)12-9-5-2-6-10-12/h1-10,13H. The van der Waals surface area contributed by atoms with Gasteiger partial charge in [-0.15, -0.1) is 0 Å². The molecular formula is C19H11F5. The summed E-state index contributed by atoms with van der Waals surface area (Å²) in [6.07, 6.45) is 0. The number of hydrogen-bond donors (Lipinski definition) is 0. The van der Waals surface area contributed by atoms with Crippen molar-refractivity contribution in [2.24, 2.45) is 0 Å². The molecule has 3 aromatic carbocycles. The molecule has 0 heterocycles. The second-order valence-electron chi connectivity index (χ2n) is 5.24. The molecule has 0 amide bonds. The average Bonchev–Trinajstić information content (AvgIpc) is 2.63. The van der Waals surface area contributed by atoms with Crippen molar-refractivity contribution in [2.45, 2.75) is 5.92 Å². The predicted molar refractivity (Wildman–Crippen MR) is 80.1 cm³/mol. The molecule has 3 aromatic rings. The van der Waals surface area contributed by atoms with Crippen LogP contribution in [0.2, 0.25) is 0 Å². The van der Waals surface area contributed by atoms with Gasteiger partial charge in [0.1, 0.15) is 0 Å². The van der Waals surface area contributed by atoms with Crippen molar-refractivity contribution in [3.8, 4) is 0 Å². The van der Waals surface area contributed by atoms with Gasteiger partial charge in [-0.2, -0.15) is 0 Å². The summed E-state index contributed by atoms with van der Waals surface area (Å²) in [5.41, 5.74) is -0.0115. The minimum atomic E-state index is -2.16. The number of benzene rings is 3. The molecule has 0 aliphatic carbocycles. The van der Waals surface area contributed by atoms with Crippen LogP contribution in [0.25, 0.3) is 0 Å². The van der Waals surface area contributed by atoms with E-state index in [2.05, 4.69) is 0 Å². The van der Waals surface area contributed by atoms with E-state index in [-0.39, 0.29) is 0 Å². The Labute approximate surface area is 135 Å². The van der Waals surface area contributed by atoms with Crippen molar-refractivity contribution in [3.63, 3.8) is 0 Å². The van der Waals surface area contributed by atoms with Crippen LogP contribution in [-0.2, 0) is 0 Å². The zero-order chi connectivity index (χ0) is 17.3. The van der Waals surface area contributed by atoms with E-state index in [1.54, 1.807) is 60.7 Å². The Hall–Kier alpha value is -2.69. The maximum atomic E-state index is 14.3. The summed E-state index contributed by atoms with van der Waals surface area (Å²) in [7, 11) is 0. The monoisotopic (exact) mass is 334 g/mol. The minimum Gasteiger partial charge on any atom is -0.203 e. The highest BCUT2D eigenvalue weighted by Crippen LogP contribution is 2.37. The van der Waals surface area contributed by atoms with E-state index in [9.17, 15) is 22.0 Å². The van der Waals surface area contributed by atoms with Crippen molar-refractivity contribution in [1.29, 1.82) is 0 Å². The van der Waals surface area contributed by atoms with Gasteiger partial charge in [-0.05, 0) is 11.1 Å². The maximum Gasteiger partial charge on any atom is 0.200 e. The highest BCUT2D eigenvalue weighted by Gasteiger charge is 2.31. The Kier molecular flexibility index (Phi) is 4.34. The zero-order valence-electron chi connectivity index (χ0n) is 12.2. The summed E-state index contributed by atoms with van der Waals surface area (Å²) in [6.45, 7) is 0. The van der Waals surface area contributed by atoms with E-state index < -0.39 is 40.6 Å². The third-order valence-corrected chi connectivity index (χ3v) is 3.80. The summed E-state index contributed by atoms with van der Waals surface area (Å²) >= 11 is 0. The molecular weight excluding hydrogens is 323 g/mol. The summed E-state index contributed by atoms with van der Waals surface area (Å²) in [4.78, 5) is 0. The third kappa shape index (κ3) is 2.66. The molecule has 0 aliphatic rings. The highest BCUT2D eigenvalue weighted by molar-refractivity contribution is 5.44. The Morgan fingerprint density at radius 3 is 1.17 bits per heavy atom. The smallest absolute Gasteiger partial charge is 0.200 e. The molecule has 122 valence electrons. The van der Waals surface area contributed by atoms with Gasteiger partial charge >= 0.3 is 0 Å². The van der Waals surface area contributed by atoms with Crippen LogP contribution in [0, 0.1) is 29.1 Å². The molecule has 0 fully saturated rings.